The Morgan fingerprint density at radius 2 is 0.810 bits per heavy atom. The first kappa shape index (κ1) is 33.6. The minimum absolute atomic E-state index is 0.890. The molecule has 0 saturated carbocycles. The number of benzene rings is 10. The molecule has 0 bridgehead atoms. The Kier molecular flexibility index (Phi) is 8.19. The third-order valence-corrected chi connectivity index (χ3v) is 11.5. The zero-order valence-corrected chi connectivity index (χ0v) is 31.7. The highest BCUT2D eigenvalue weighted by Gasteiger charge is 2.22. The van der Waals surface area contributed by atoms with Crippen molar-refractivity contribution in [2.75, 3.05) is 4.90 Å². The van der Waals surface area contributed by atoms with E-state index >= 15 is 0 Å². The maximum absolute atomic E-state index is 6.66. The zero-order chi connectivity index (χ0) is 38.4. The van der Waals surface area contributed by atoms with Gasteiger partial charge in [-0.3, -0.25) is 0 Å². The van der Waals surface area contributed by atoms with Crippen LogP contribution in [0.25, 0.3) is 88.0 Å². The van der Waals surface area contributed by atoms with Crippen molar-refractivity contribution in [3.8, 4) is 44.5 Å². The van der Waals surface area contributed by atoms with Crippen LogP contribution in [0.1, 0.15) is 0 Å². The van der Waals surface area contributed by atoms with Crippen molar-refractivity contribution in [1.29, 1.82) is 0 Å². The van der Waals surface area contributed by atoms with Crippen LogP contribution in [0, 0.1) is 0 Å². The van der Waals surface area contributed by atoms with Gasteiger partial charge >= 0.3 is 0 Å². The molecule has 0 radical (unpaired) electrons. The van der Waals surface area contributed by atoms with E-state index in [1.54, 1.807) is 0 Å². The van der Waals surface area contributed by atoms with E-state index in [1.165, 1.54) is 44.2 Å². The van der Waals surface area contributed by atoms with Gasteiger partial charge in [0.05, 0.1) is 5.69 Å². The van der Waals surface area contributed by atoms with Gasteiger partial charge in [-0.05, 0) is 97.6 Å². The van der Waals surface area contributed by atoms with Crippen LogP contribution in [0.15, 0.2) is 229 Å². The molecule has 2 nitrogen and oxygen atoms in total. The van der Waals surface area contributed by atoms with E-state index in [0.29, 0.717) is 0 Å². The van der Waals surface area contributed by atoms with Gasteiger partial charge in [0.15, 0.2) is 0 Å². The van der Waals surface area contributed by atoms with E-state index < -0.39 is 0 Å². The lowest BCUT2D eigenvalue weighted by molar-refractivity contribution is 0.673. The van der Waals surface area contributed by atoms with Gasteiger partial charge < -0.3 is 9.32 Å². The molecule has 0 aliphatic carbocycles. The van der Waals surface area contributed by atoms with Crippen molar-refractivity contribution < 1.29 is 4.42 Å². The van der Waals surface area contributed by atoms with Gasteiger partial charge in [-0.15, -0.1) is 0 Å². The molecular weight excluding hydrogens is 703 g/mol. The molecule has 0 spiro atoms. The number of hydrogen-bond acceptors (Lipinski definition) is 2. The van der Waals surface area contributed by atoms with Gasteiger partial charge in [0, 0.05) is 33.1 Å². The molecule has 58 heavy (non-hydrogen) atoms. The number of rotatable bonds is 7. The van der Waals surface area contributed by atoms with E-state index in [1.807, 2.05) is 6.07 Å². The van der Waals surface area contributed by atoms with E-state index in [4.69, 9.17) is 4.42 Å². The first-order chi connectivity index (χ1) is 28.8. The number of para-hydroxylation sites is 2. The van der Waals surface area contributed by atoms with E-state index in [9.17, 15) is 0 Å². The summed E-state index contributed by atoms with van der Waals surface area (Å²) >= 11 is 0. The molecular formula is C56H37NO. The molecule has 0 aliphatic heterocycles. The van der Waals surface area contributed by atoms with Crippen LogP contribution < -0.4 is 4.90 Å². The van der Waals surface area contributed by atoms with Gasteiger partial charge in [0.2, 0.25) is 0 Å². The predicted octanol–water partition coefficient (Wildman–Crippen LogP) is 16.0. The molecule has 0 atom stereocenters. The van der Waals surface area contributed by atoms with Crippen molar-refractivity contribution in [3.05, 3.63) is 224 Å². The molecule has 10 aromatic carbocycles. The summed E-state index contributed by atoms with van der Waals surface area (Å²) < 4.78 is 6.66. The Labute approximate surface area is 337 Å². The molecule has 1 heterocycles. The molecule has 272 valence electrons. The summed E-state index contributed by atoms with van der Waals surface area (Å²) in [6.45, 7) is 0. The maximum atomic E-state index is 6.66. The molecule has 2 heteroatoms. The summed E-state index contributed by atoms with van der Waals surface area (Å²) in [7, 11) is 0. The van der Waals surface area contributed by atoms with Crippen LogP contribution in [-0.4, -0.2) is 0 Å². The van der Waals surface area contributed by atoms with Gasteiger partial charge in [-0.25, -0.2) is 0 Å². The van der Waals surface area contributed by atoms with Crippen LogP contribution in [-0.2, 0) is 0 Å². The quantitative estimate of drug-likeness (QED) is 0.162. The van der Waals surface area contributed by atoms with Crippen LogP contribution in [0.4, 0.5) is 17.1 Å². The standard InChI is InChI=1S/C56H37NO/c1-2-13-38(14-3-1)39-25-27-40(28-26-39)41-29-33-45(34-30-41)57(46-35-31-43(32-36-46)48-22-12-17-42-15-4-6-18-47(42)48)53-23-10-8-20-50(53)52-37-44-16-5-7-19-49(44)56-55(52)51-21-9-11-24-54(51)58-56/h1-37H. The Hall–Kier alpha value is -7.68. The Bertz CT molecular complexity index is 3250. The fraction of sp³-hybridized carbons (Fsp3) is 0. The van der Waals surface area contributed by atoms with Gasteiger partial charge in [0.1, 0.15) is 11.2 Å². The third-order valence-electron chi connectivity index (χ3n) is 11.5. The summed E-state index contributed by atoms with van der Waals surface area (Å²) in [6, 6.07) is 80.6. The summed E-state index contributed by atoms with van der Waals surface area (Å²) in [4.78, 5) is 2.40. The predicted molar refractivity (Wildman–Crippen MR) is 245 cm³/mol. The van der Waals surface area contributed by atoms with Gasteiger partial charge in [0.25, 0.3) is 0 Å². The maximum Gasteiger partial charge on any atom is 0.143 e. The highest BCUT2D eigenvalue weighted by Crippen LogP contribution is 2.47. The Balaban J connectivity index is 1.07. The zero-order valence-electron chi connectivity index (χ0n) is 31.7. The monoisotopic (exact) mass is 739 g/mol. The van der Waals surface area contributed by atoms with E-state index in [-0.39, 0.29) is 0 Å². The second kappa shape index (κ2) is 14.1. The fourth-order valence-corrected chi connectivity index (χ4v) is 8.65. The summed E-state index contributed by atoms with van der Waals surface area (Å²) in [6.07, 6.45) is 0. The average molecular weight is 740 g/mol. The number of fused-ring (bicyclic) bond motifs is 6. The lowest BCUT2D eigenvalue weighted by Gasteiger charge is -2.28. The minimum atomic E-state index is 0.890. The molecule has 0 amide bonds. The summed E-state index contributed by atoms with van der Waals surface area (Å²) in [5.74, 6) is 0. The summed E-state index contributed by atoms with van der Waals surface area (Å²) in [5.41, 5.74) is 14.5. The number of hydrogen-bond donors (Lipinski definition) is 0. The number of anilines is 3. The van der Waals surface area contributed by atoms with Gasteiger partial charge in [-0.2, -0.15) is 0 Å². The summed E-state index contributed by atoms with van der Waals surface area (Å²) in [5, 5.41) is 6.99. The van der Waals surface area contributed by atoms with E-state index in [0.717, 1.165) is 60.9 Å². The Morgan fingerprint density at radius 1 is 0.310 bits per heavy atom. The highest BCUT2D eigenvalue weighted by atomic mass is 16.3. The first-order valence-corrected chi connectivity index (χ1v) is 19.8. The number of nitrogens with zero attached hydrogens (tertiary/aromatic N) is 1. The molecule has 11 aromatic rings. The largest absolute Gasteiger partial charge is 0.455 e. The normalized spacial score (nSPS) is 11.4. The first-order valence-electron chi connectivity index (χ1n) is 19.8. The molecule has 0 fully saturated rings. The minimum Gasteiger partial charge on any atom is -0.455 e. The van der Waals surface area contributed by atoms with Crippen molar-refractivity contribution in [1.82, 2.24) is 0 Å². The molecule has 0 aliphatic rings. The fourth-order valence-electron chi connectivity index (χ4n) is 8.65. The van der Waals surface area contributed by atoms with Crippen LogP contribution in [0.3, 0.4) is 0 Å². The molecule has 0 saturated heterocycles. The van der Waals surface area contributed by atoms with E-state index in [2.05, 4.69) is 223 Å². The van der Waals surface area contributed by atoms with Gasteiger partial charge in [-0.1, -0.05) is 182 Å². The Morgan fingerprint density at radius 3 is 1.53 bits per heavy atom. The topological polar surface area (TPSA) is 16.4 Å². The third kappa shape index (κ3) is 5.82. The lowest BCUT2D eigenvalue weighted by Crippen LogP contribution is -2.11. The van der Waals surface area contributed by atoms with Crippen molar-refractivity contribution in [2.24, 2.45) is 0 Å². The SMILES string of the molecule is c1ccc(-c2ccc(-c3ccc(N(c4ccc(-c5cccc6ccccc56)cc4)c4ccccc4-c4cc5ccccc5c5oc6ccccc6c45)cc3)cc2)cc1. The molecule has 0 unspecified atom stereocenters. The molecule has 1 aromatic heterocycles. The lowest BCUT2D eigenvalue weighted by atomic mass is 9.93. The highest BCUT2D eigenvalue weighted by molar-refractivity contribution is 6.22. The average Bonchev–Trinajstić information content (AvgIpc) is 3.70. The van der Waals surface area contributed by atoms with Crippen LogP contribution in [0.2, 0.25) is 0 Å². The number of furan rings is 1. The van der Waals surface area contributed by atoms with Crippen molar-refractivity contribution in [2.45, 2.75) is 0 Å². The smallest absolute Gasteiger partial charge is 0.143 e. The van der Waals surface area contributed by atoms with Crippen molar-refractivity contribution >= 4 is 60.5 Å². The van der Waals surface area contributed by atoms with Crippen molar-refractivity contribution in [3.63, 3.8) is 0 Å². The molecule has 0 N–H and O–H groups in total. The van der Waals surface area contributed by atoms with Crippen LogP contribution in [0.5, 0.6) is 0 Å². The second-order valence-electron chi connectivity index (χ2n) is 14.9. The molecule has 11 rings (SSSR count). The second-order valence-corrected chi connectivity index (χ2v) is 14.9. The van der Waals surface area contributed by atoms with Crippen LogP contribution >= 0.6 is 0 Å².